The van der Waals surface area contributed by atoms with E-state index in [0.29, 0.717) is 17.8 Å². The number of imidazole rings is 2. The summed E-state index contributed by atoms with van der Waals surface area (Å²) in [7, 11) is 0. The highest BCUT2D eigenvalue weighted by Crippen LogP contribution is 2.10. The monoisotopic (exact) mass is 680 g/mol. The molecule has 48 heavy (non-hydrogen) atoms. The van der Waals surface area contributed by atoms with Crippen molar-refractivity contribution in [3.05, 3.63) is 36.4 Å². The van der Waals surface area contributed by atoms with Crippen LogP contribution in [-0.4, -0.2) is 131 Å². The van der Waals surface area contributed by atoms with Gasteiger partial charge < -0.3 is 62.7 Å². The number of aliphatic carboxylic acids is 1. The lowest BCUT2D eigenvalue weighted by molar-refractivity contribution is -0.143. The van der Waals surface area contributed by atoms with E-state index in [1.807, 2.05) is 0 Å². The number of nitrogens with two attached hydrogens (primary N) is 1. The molecule has 20 heteroatoms. The number of aliphatic hydroxyl groups excluding tert-OH is 3. The smallest absolute Gasteiger partial charge is 0.328 e. The number of carbonyl (C=O) groups is 6. The molecule has 0 bridgehead atoms. The van der Waals surface area contributed by atoms with Gasteiger partial charge in [0.2, 0.25) is 29.5 Å². The summed E-state index contributed by atoms with van der Waals surface area (Å²) in [5, 5.41) is 50.4. The number of hydrogen-bond acceptors (Lipinski definition) is 12. The number of nitrogens with zero attached hydrogens (tertiary/aromatic N) is 2. The van der Waals surface area contributed by atoms with Gasteiger partial charge in [0.05, 0.1) is 38.0 Å². The van der Waals surface area contributed by atoms with Crippen LogP contribution in [0.5, 0.6) is 0 Å². The Morgan fingerprint density at radius 2 is 1.21 bits per heavy atom. The van der Waals surface area contributed by atoms with Crippen molar-refractivity contribution >= 4 is 35.5 Å². The summed E-state index contributed by atoms with van der Waals surface area (Å²) in [5.74, 6) is -6.66. The maximum absolute atomic E-state index is 13.5. The zero-order chi connectivity index (χ0) is 36.0. The van der Waals surface area contributed by atoms with Gasteiger partial charge in [-0.1, -0.05) is 20.3 Å². The van der Waals surface area contributed by atoms with Gasteiger partial charge in [0.25, 0.3) is 0 Å². The van der Waals surface area contributed by atoms with E-state index in [4.69, 9.17) is 5.73 Å². The van der Waals surface area contributed by atoms with Crippen molar-refractivity contribution in [2.24, 2.45) is 11.7 Å². The third kappa shape index (κ3) is 11.7. The fourth-order valence-corrected chi connectivity index (χ4v) is 4.35. The number of carboxylic acid groups (broad SMARTS) is 1. The van der Waals surface area contributed by atoms with E-state index in [1.165, 1.54) is 32.0 Å². The summed E-state index contributed by atoms with van der Waals surface area (Å²) in [5.41, 5.74) is 6.86. The maximum atomic E-state index is 13.5. The van der Waals surface area contributed by atoms with Crippen molar-refractivity contribution in [1.82, 2.24) is 46.5 Å². The SMILES string of the molecule is CC[C@H](C)[C@H](NC(=O)[C@H](CO)NC(=O)[C@@H](NC(=O)[C@@H](N)Cc1cnc[nH]1)[C@@H](C)O)C(=O)N[C@@H](Cc1cnc[nH]1)C(=O)N[C@@H](CO)C(=O)O. The van der Waals surface area contributed by atoms with Crippen molar-refractivity contribution in [3.63, 3.8) is 0 Å². The van der Waals surface area contributed by atoms with Gasteiger partial charge in [-0.2, -0.15) is 0 Å². The van der Waals surface area contributed by atoms with Crippen molar-refractivity contribution in [2.45, 2.75) is 82.4 Å². The average molecular weight is 681 g/mol. The minimum atomic E-state index is -1.65. The number of rotatable bonds is 20. The molecule has 2 rings (SSSR count). The minimum Gasteiger partial charge on any atom is -0.480 e. The van der Waals surface area contributed by atoms with Gasteiger partial charge in [-0.15, -0.1) is 0 Å². The molecule has 2 heterocycles. The third-order valence-corrected chi connectivity index (χ3v) is 7.41. The Morgan fingerprint density at radius 3 is 1.69 bits per heavy atom. The Morgan fingerprint density at radius 1 is 0.729 bits per heavy atom. The van der Waals surface area contributed by atoms with Crippen LogP contribution in [0.3, 0.4) is 0 Å². The van der Waals surface area contributed by atoms with Gasteiger partial charge in [-0.25, -0.2) is 14.8 Å². The molecular weight excluding hydrogens is 636 g/mol. The number of carbonyl (C=O) groups excluding carboxylic acids is 5. The molecule has 0 saturated heterocycles. The van der Waals surface area contributed by atoms with Crippen molar-refractivity contribution in [2.75, 3.05) is 13.2 Å². The van der Waals surface area contributed by atoms with E-state index < -0.39 is 97.0 Å². The molecule has 20 nitrogen and oxygen atoms in total. The zero-order valence-electron chi connectivity index (χ0n) is 26.7. The lowest BCUT2D eigenvalue weighted by atomic mass is 9.97. The van der Waals surface area contributed by atoms with Gasteiger partial charge in [0.1, 0.15) is 30.2 Å². The van der Waals surface area contributed by atoms with Gasteiger partial charge in [0.15, 0.2) is 0 Å². The van der Waals surface area contributed by atoms with Crippen LogP contribution < -0.4 is 32.3 Å². The molecule has 0 saturated carbocycles. The molecule has 0 unspecified atom stereocenters. The molecule has 0 aliphatic carbocycles. The van der Waals surface area contributed by atoms with Gasteiger partial charge >= 0.3 is 5.97 Å². The van der Waals surface area contributed by atoms with Gasteiger partial charge in [0, 0.05) is 36.6 Å². The second-order valence-corrected chi connectivity index (χ2v) is 11.2. The number of amides is 5. The molecule has 5 amide bonds. The number of nitrogens with one attached hydrogen (secondary N) is 7. The van der Waals surface area contributed by atoms with Crippen LogP contribution in [0.1, 0.15) is 38.6 Å². The molecular formula is C28H44N10O10. The number of hydrogen-bond donors (Lipinski definition) is 12. The Labute approximate surface area is 275 Å². The minimum absolute atomic E-state index is 0.0483. The molecule has 266 valence electrons. The molecule has 0 aromatic carbocycles. The van der Waals surface area contributed by atoms with Crippen molar-refractivity contribution in [1.29, 1.82) is 0 Å². The summed E-state index contributed by atoms with van der Waals surface area (Å²) in [4.78, 5) is 90.0. The molecule has 0 aliphatic heterocycles. The number of carboxylic acids is 1. The van der Waals surface area contributed by atoms with Crippen LogP contribution in [0.15, 0.2) is 25.0 Å². The Bertz CT molecular complexity index is 1350. The molecule has 8 atom stereocenters. The lowest BCUT2D eigenvalue weighted by Gasteiger charge is -2.29. The first-order valence-corrected chi connectivity index (χ1v) is 15.1. The van der Waals surface area contributed by atoms with Crippen LogP contribution in [0.25, 0.3) is 0 Å². The maximum Gasteiger partial charge on any atom is 0.328 e. The molecule has 0 aliphatic rings. The highest BCUT2D eigenvalue weighted by atomic mass is 16.4. The summed E-state index contributed by atoms with van der Waals surface area (Å²) < 4.78 is 0. The number of H-pyrrole nitrogens is 2. The van der Waals surface area contributed by atoms with Gasteiger partial charge in [-0.05, 0) is 12.8 Å². The van der Waals surface area contributed by atoms with Crippen molar-refractivity contribution in [3.8, 4) is 0 Å². The first kappa shape index (κ1) is 39.3. The van der Waals surface area contributed by atoms with E-state index in [1.54, 1.807) is 13.8 Å². The first-order chi connectivity index (χ1) is 22.7. The summed E-state index contributed by atoms with van der Waals surface area (Å²) in [6, 6.07) is -8.68. The quantitative estimate of drug-likeness (QED) is 0.0625. The van der Waals surface area contributed by atoms with Gasteiger partial charge in [-0.3, -0.25) is 24.0 Å². The van der Waals surface area contributed by atoms with Crippen LogP contribution in [0.4, 0.5) is 0 Å². The third-order valence-electron chi connectivity index (χ3n) is 7.41. The van der Waals surface area contributed by atoms with Crippen molar-refractivity contribution < 1.29 is 49.2 Å². The van der Waals surface area contributed by atoms with Crippen LogP contribution in [0.2, 0.25) is 0 Å². The molecule has 2 aromatic rings. The Hall–Kier alpha value is -4.92. The average Bonchev–Trinajstić information content (AvgIpc) is 3.76. The fourth-order valence-electron chi connectivity index (χ4n) is 4.35. The first-order valence-electron chi connectivity index (χ1n) is 15.1. The van der Waals surface area contributed by atoms with Crippen LogP contribution in [0, 0.1) is 5.92 Å². The number of aliphatic hydroxyl groups is 3. The lowest BCUT2D eigenvalue weighted by Crippen LogP contribution is -2.62. The molecule has 0 fully saturated rings. The predicted octanol–water partition coefficient (Wildman–Crippen LogP) is -4.83. The predicted molar refractivity (Wildman–Crippen MR) is 165 cm³/mol. The van der Waals surface area contributed by atoms with E-state index in [0.717, 1.165) is 0 Å². The van der Waals surface area contributed by atoms with E-state index in [9.17, 15) is 49.2 Å². The number of aromatic nitrogens is 4. The number of aromatic amines is 2. The van der Waals surface area contributed by atoms with E-state index in [2.05, 4.69) is 46.5 Å². The van der Waals surface area contributed by atoms with E-state index in [-0.39, 0.29) is 12.8 Å². The standard InChI is InChI=1S/C28H44N10O10/c1-4-13(2)21(26(45)34-18(6-16-8-31-12-33-16)24(43)36-20(10-40)28(47)48)37-25(44)19(9-39)35-27(46)22(14(3)41)38-23(42)17(29)5-15-7-30-11-32-15/h7-8,11-14,17-22,39-41H,4-6,9-10,29H2,1-3H3,(H,30,32)(H,31,33)(H,34,45)(H,35,46)(H,36,43)(H,37,44)(H,38,42)(H,47,48)/t13-,14+,17-,18-,19-,20-,21-,22-/m0/s1. The highest BCUT2D eigenvalue weighted by Gasteiger charge is 2.35. The summed E-state index contributed by atoms with van der Waals surface area (Å²) in [6.45, 7) is 2.72. The Balaban J connectivity index is 2.17. The zero-order valence-corrected chi connectivity index (χ0v) is 26.7. The summed E-state index contributed by atoms with van der Waals surface area (Å²) in [6.07, 6.45) is 4.36. The second kappa shape index (κ2) is 19.0. The van der Waals surface area contributed by atoms with Crippen LogP contribution >= 0.6 is 0 Å². The van der Waals surface area contributed by atoms with E-state index >= 15 is 0 Å². The topological polar surface area (TPSA) is 327 Å². The summed E-state index contributed by atoms with van der Waals surface area (Å²) >= 11 is 0. The highest BCUT2D eigenvalue weighted by molar-refractivity contribution is 5.96. The molecule has 2 aromatic heterocycles. The largest absolute Gasteiger partial charge is 0.480 e. The normalized spacial score (nSPS) is 16.1. The molecule has 0 radical (unpaired) electrons. The Kier molecular flexibility index (Phi) is 15.6. The molecule has 13 N–H and O–H groups in total. The molecule has 0 spiro atoms. The fraction of sp³-hybridized carbons (Fsp3) is 0.571. The second-order valence-electron chi connectivity index (χ2n) is 11.2. The van der Waals surface area contributed by atoms with Crippen LogP contribution in [-0.2, 0) is 41.6 Å².